The number of carbonyl (C=O) groups is 1. The minimum Gasteiger partial charge on any atom is -0.467 e. The fourth-order valence-electron chi connectivity index (χ4n) is 4.91. The molecule has 3 heterocycles. The highest BCUT2D eigenvalue weighted by atomic mass is 16.5. The molecular weight excluding hydrogens is 530 g/mol. The number of nitrogens with one attached hydrogen (secondary N) is 2. The third kappa shape index (κ3) is 7.76. The van der Waals surface area contributed by atoms with E-state index in [4.69, 9.17) is 20.0 Å². The van der Waals surface area contributed by atoms with E-state index in [1.165, 1.54) is 0 Å². The van der Waals surface area contributed by atoms with E-state index in [-0.39, 0.29) is 29.2 Å². The Balaban J connectivity index is 1.57. The van der Waals surface area contributed by atoms with Gasteiger partial charge in [-0.25, -0.2) is 9.97 Å². The van der Waals surface area contributed by atoms with E-state index in [2.05, 4.69) is 41.1 Å². The maximum Gasteiger partial charge on any atom is 0.259 e. The molecule has 4 N–H and O–H groups in total. The minimum atomic E-state index is -0.285. The number of amides is 1. The Labute approximate surface area is 248 Å². The molecule has 0 saturated carbocycles. The van der Waals surface area contributed by atoms with Crippen molar-refractivity contribution in [1.29, 1.82) is 0 Å². The molecule has 1 aliphatic heterocycles. The Kier molecular flexibility index (Phi) is 10.0. The van der Waals surface area contributed by atoms with E-state index in [9.17, 15) is 4.79 Å². The molecule has 10 nitrogen and oxygen atoms in total. The summed E-state index contributed by atoms with van der Waals surface area (Å²) in [6.07, 6.45) is 3.95. The van der Waals surface area contributed by atoms with Crippen molar-refractivity contribution in [2.45, 2.75) is 59.0 Å². The van der Waals surface area contributed by atoms with Crippen LogP contribution in [0.5, 0.6) is 0 Å². The summed E-state index contributed by atoms with van der Waals surface area (Å²) in [6.45, 7) is 16.9. The molecule has 0 radical (unpaired) electrons. The van der Waals surface area contributed by atoms with E-state index in [1.54, 1.807) is 12.5 Å². The molecule has 3 aromatic rings. The fraction of sp³-hybridized carbons (Fsp3) is 0.438. The van der Waals surface area contributed by atoms with Crippen LogP contribution in [-0.4, -0.2) is 52.3 Å². The lowest BCUT2D eigenvalue weighted by atomic mass is 9.92. The van der Waals surface area contributed by atoms with Crippen molar-refractivity contribution in [3.8, 4) is 0 Å². The first-order valence-corrected chi connectivity index (χ1v) is 14.4. The fourth-order valence-corrected chi connectivity index (χ4v) is 4.91. The van der Waals surface area contributed by atoms with Crippen molar-refractivity contribution in [3.63, 3.8) is 0 Å². The molecule has 1 aromatic carbocycles. The van der Waals surface area contributed by atoms with Gasteiger partial charge in [0.1, 0.15) is 28.7 Å². The van der Waals surface area contributed by atoms with Gasteiger partial charge in [0.25, 0.3) is 5.91 Å². The van der Waals surface area contributed by atoms with Crippen LogP contribution in [0.4, 0.5) is 5.82 Å². The topological polar surface area (TPSA) is 131 Å². The van der Waals surface area contributed by atoms with Crippen LogP contribution in [0.3, 0.4) is 0 Å². The molecule has 1 saturated heterocycles. The normalized spacial score (nSPS) is 17.6. The smallest absolute Gasteiger partial charge is 0.259 e. The molecule has 1 fully saturated rings. The Bertz CT molecular complexity index is 1360. The largest absolute Gasteiger partial charge is 0.467 e. The number of anilines is 1. The molecule has 10 heteroatoms. The molecule has 224 valence electrons. The van der Waals surface area contributed by atoms with Gasteiger partial charge in [0, 0.05) is 48.8 Å². The lowest BCUT2D eigenvalue weighted by Gasteiger charge is -2.39. The second kappa shape index (κ2) is 13.7. The number of piperidine rings is 1. The number of hydrogen-bond acceptors (Lipinski definition) is 9. The molecule has 0 aliphatic carbocycles. The zero-order valence-electron chi connectivity index (χ0n) is 25.3. The summed E-state index contributed by atoms with van der Waals surface area (Å²) in [7, 11) is 0. The van der Waals surface area contributed by atoms with E-state index < -0.39 is 0 Å². The van der Waals surface area contributed by atoms with Crippen molar-refractivity contribution in [1.82, 2.24) is 20.2 Å². The van der Waals surface area contributed by atoms with Crippen molar-refractivity contribution < 1.29 is 13.9 Å². The van der Waals surface area contributed by atoms with Crippen LogP contribution in [-0.2, 0) is 16.7 Å². The number of carbonyl (C=O) groups excluding carboxylic acids is 1. The average Bonchev–Trinajstić information content (AvgIpc) is 3.51. The summed E-state index contributed by atoms with van der Waals surface area (Å²) in [5.41, 5.74) is 0.910. The maximum atomic E-state index is 14.3. The highest BCUT2D eigenvalue weighted by Gasteiger charge is 2.34. The molecule has 2 atom stereocenters. The van der Waals surface area contributed by atoms with Crippen molar-refractivity contribution in [2.75, 3.05) is 25.0 Å². The summed E-state index contributed by atoms with van der Waals surface area (Å²) in [5, 5.41) is 10.6. The minimum absolute atomic E-state index is 0.0530. The number of furan rings is 1. The average molecular weight is 574 g/mol. The zero-order valence-corrected chi connectivity index (χ0v) is 25.3. The standard InChI is InChI=1S/C32H43N7O3/c1-21(2)20-39(25-15-24(16-34-17-25)22(3)42-29(38-33)23-11-8-7-9-12-23)30(40)27-19-36-31(32(4,5)6)37-28(27)35-18-26-13-10-14-41-26/h7-14,19,21,24-25,34H,3,15-18,20,33H2,1-2,4-6H3,(H,35,36,37)/b38-29-. The van der Waals surface area contributed by atoms with Gasteiger partial charge in [0.05, 0.1) is 12.8 Å². The van der Waals surface area contributed by atoms with E-state index in [1.807, 2.05) is 68.1 Å². The predicted octanol–water partition coefficient (Wildman–Crippen LogP) is 4.91. The van der Waals surface area contributed by atoms with Crippen molar-refractivity contribution in [3.05, 3.63) is 90.0 Å². The number of benzene rings is 1. The second-order valence-corrected chi connectivity index (χ2v) is 12.1. The van der Waals surface area contributed by atoms with E-state index >= 15 is 0 Å². The van der Waals surface area contributed by atoms with Gasteiger partial charge in [-0.05, 0) is 36.6 Å². The van der Waals surface area contributed by atoms with Gasteiger partial charge in [-0.15, -0.1) is 5.10 Å². The van der Waals surface area contributed by atoms with Crippen LogP contribution in [0.15, 0.2) is 76.8 Å². The first-order valence-electron chi connectivity index (χ1n) is 14.4. The number of nitrogens with zero attached hydrogens (tertiary/aromatic N) is 4. The summed E-state index contributed by atoms with van der Waals surface area (Å²) in [6, 6.07) is 13.1. The Morgan fingerprint density at radius 3 is 2.64 bits per heavy atom. The quantitative estimate of drug-likeness (QED) is 0.103. The van der Waals surface area contributed by atoms with Crippen LogP contribution in [0, 0.1) is 11.8 Å². The van der Waals surface area contributed by atoms with Crippen LogP contribution in [0.1, 0.15) is 68.5 Å². The van der Waals surface area contributed by atoms with Crippen LogP contribution < -0.4 is 16.5 Å². The molecule has 1 amide bonds. The summed E-state index contributed by atoms with van der Waals surface area (Å²) < 4.78 is 11.6. The Hall–Kier alpha value is -4.18. The molecular formula is C32H43N7O3. The van der Waals surface area contributed by atoms with E-state index in [0.717, 1.165) is 11.3 Å². The van der Waals surface area contributed by atoms with Crippen LogP contribution in [0.25, 0.3) is 0 Å². The summed E-state index contributed by atoms with van der Waals surface area (Å²) in [5.74, 6) is 8.47. The van der Waals surface area contributed by atoms with Crippen molar-refractivity contribution in [2.24, 2.45) is 22.8 Å². The number of rotatable bonds is 10. The molecule has 2 unspecified atom stereocenters. The highest BCUT2D eigenvalue weighted by Crippen LogP contribution is 2.28. The monoisotopic (exact) mass is 573 g/mol. The maximum absolute atomic E-state index is 14.3. The van der Waals surface area contributed by atoms with Gasteiger partial charge in [0.15, 0.2) is 0 Å². The highest BCUT2D eigenvalue weighted by molar-refractivity contribution is 5.98. The van der Waals surface area contributed by atoms with Crippen molar-refractivity contribution >= 4 is 17.6 Å². The number of hydrogen-bond donors (Lipinski definition) is 3. The first-order chi connectivity index (χ1) is 20.1. The molecule has 1 aliphatic rings. The predicted molar refractivity (Wildman–Crippen MR) is 165 cm³/mol. The lowest BCUT2D eigenvalue weighted by Crippen LogP contribution is -2.52. The first kappa shape index (κ1) is 30.8. The Morgan fingerprint density at radius 1 is 1.24 bits per heavy atom. The summed E-state index contributed by atoms with van der Waals surface area (Å²) in [4.78, 5) is 25.6. The van der Waals surface area contributed by atoms with Gasteiger partial charge in [-0.1, -0.05) is 59.4 Å². The SMILES string of the molecule is C=C(O/C(=N\N)c1ccccc1)C1CNCC(N(CC(C)C)C(=O)c2cnc(C(C)(C)C)nc2NCc2ccco2)C1. The van der Waals surface area contributed by atoms with Crippen LogP contribution >= 0.6 is 0 Å². The lowest BCUT2D eigenvalue weighted by molar-refractivity contribution is 0.0586. The van der Waals surface area contributed by atoms with Crippen LogP contribution in [0.2, 0.25) is 0 Å². The molecule has 4 rings (SSSR count). The zero-order chi connectivity index (χ0) is 30.3. The number of hydrazone groups is 1. The third-order valence-corrected chi connectivity index (χ3v) is 7.11. The molecule has 42 heavy (non-hydrogen) atoms. The molecule has 0 spiro atoms. The second-order valence-electron chi connectivity index (χ2n) is 12.1. The van der Waals surface area contributed by atoms with Gasteiger partial charge in [0.2, 0.25) is 5.90 Å². The van der Waals surface area contributed by atoms with Gasteiger partial charge < -0.3 is 30.5 Å². The number of ether oxygens (including phenoxy) is 1. The Morgan fingerprint density at radius 2 is 2.00 bits per heavy atom. The third-order valence-electron chi connectivity index (χ3n) is 7.11. The number of aromatic nitrogens is 2. The van der Waals surface area contributed by atoms with Gasteiger partial charge >= 0.3 is 0 Å². The summed E-state index contributed by atoms with van der Waals surface area (Å²) >= 11 is 0. The number of nitrogens with two attached hydrogens (primary N) is 1. The van der Waals surface area contributed by atoms with E-state index in [0.29, 0.717) is 61.5 Å². The molecule has 0 bridgehead atoms. The molecule has 2 aromatic heterocycles. The van der Waals surface area contributed by atoms with Gasteiger partial charge in [-0.2, -0.15) is 0 Å². The van der Waals surface area contributed by atoms with Gasteiger partial charge in [-0.3, -0.25) is 4.79 Å².